The average molecular weight is 358 g/mol. The van der Waals surface area contributed by atoms with E-state index >= 15 is 0 Å². The lowest BCUT2D eigenvalue weighted by atomic mass is 10.0. The van der Waals surface area contributed by atoms with Crippen molar-refractivity contribution in [2.24, 2.45) is 5.92 Å². The number of hydrogen-bond acceptors (Lipinski definition) is 5. The fraction of sp³-hybridized carbons (Fsp3) is 0.250. The lowest BCUT2D eigenvalue weighted by Gasteiger charge is -2.16. The molecule has 3 heterocycles. The van der Waals surface area contributed by atoms with Crippen LogP contribution in [0.1, 0.15) is 28.2 Å². The summed E-state index contributed by atoms with van der Waals surface area (Å²) in [5.41, 5.74) is 1.94. The summed E-state index contributed by atoms with van der Waals surface area (Å²) in [4.78, 5) is 23.2. The number of aromatic nitrogens is 4. The van der Waals surface area contributed by atoms with Gasteiger partial charge in [-0.1, -0.05) is 6.07 Å². The molecule has 0 bridgehead atoms. The van der Waals surface area contributed by atoms with E-state index in [0.717, 1.165) is 24.2 Å². The summed E-state index contributed by atoms with van der Waals surface area (Å²) in [6, 6.07) is 12.7. The summed E-state index contributed by atoms with van der Waals surface area (Å²) >= 11 is 0. The van der Waals surface area contributed by atoms with Gasteiger partial charge >= 0.3 is 0 Å². The highest BCUT2D eigenvalue weighted by atomic mass is 16.2. The van der Waals surface area contributed by atoms with Gasteiger partial charge in [0.1, 0.15) is 5.82 Å². The minimum absolute atomic E-state index is 0.0248. The highest BCUT2D eigenvalue weighted by Crippen LogP contribution is 2.22. The molecule has 1 saturated heterocycles. The predicted molar refractivity (Wildman–Crippen MR) is 98.5 cm³/mol. The maximum atomic E-state index is 12.7. The van der Waals surface area contributed by atoms with E-state index in [1.165, 1.54) is 0 Å². The molecule has 1 N–H and O–H groups in total. The first-order chi connectivity index (χ1) is 13.2. The van der Waals surface area contributed by atoms with Gasteiger partial charge in [0.05, 0.1) is 11.6 Å². The zero-order valence-corrected chi connectivity index (χ0v) is 14.7. The molecule has 1 aliphatic rings. The molecule has 134 valence electrons. The van der Waals surface area contributed by atoms with Crippen LogP contribution in [0.2, 0.25) is 0 Å². The number of nitrogens with one attached hydrogen (secondary N) is 1. The number of H-pyrrole nitrogens is 1. The van der Waals surface area contributed by atoms with E-state index in [2.05, 4.69) is 26.2 Å². The Labute approximate surface area is 156 Å². The molecular weight excluding hydrogens is 340 g/mol. The fourth-order valence-corrected chi connectivity index (χ4v) is 3.37. The Morgan fingerprint density at radius 2 is 2.26 bits per heavy atom. The van der Waals surface area contributed by atoms with E-state index in [9.17, 15) is 4.79 Å². The molecule has 1 unspecified atom stereocenters. The molecule has 1 aliphatic heterocycles. The van der Waals surface area contributed by atoms with Gasteiger partial charge in [-0.3, -0.25) is 14.9 Å². The molecule has 1 amide bonds. The number of amides is 1. The molecular formula is C20H18N6O. The van der Waals surface area contributed by atoms with Gasteiger partial charge in [0.25, 0.3) is 5.91 Å². The maximum Gasteiger partial charge on any atom is 0.253 e. The second kappa shape index (κ2) is 7.38. The van der Waals surface area contributed by atoms with E-state index in [1.54, 1.807) is 36.7 Å². The number of benzene rings is 1. The van der Waals surface area contributed by atoms with Crippen molar-refractivity contribution in [2.45, 2.75) is 12.8 Å². The smallest absolute Gasteiger partial charge is 0.253 e. The van der Waals surface area contributed by atoms with Gasteiger partial charge in [-0.05, 0) is 42.7 Å². The van der Waals surface area contributed by atoms with E-state index in [4.69, 9.17) is 5.26 Å². The molecule has 7 heteroatoms. The second-order valence-electron chi connectivity index (χ2n) is 6.65. The largest absolute Gasteiger partial charge is 0.338 e. The van der Waals surface area contributed by atoms with Gasteiger partial charge in [0.2, 0.25) is 0 Å². The van der Waals surface area contributed by atoms with Crippen LogP contribution in [0.3, 0.4) is 0 Å². The predicted octanol–water partition coefficient (Wildman–Crippen LogP) is 2.44. The van der Waals surface area contributed by atoms with Crippen LogP contribution in [0.4, 0.5) is 0 Å². The molecule has 27 heavy (non-hydrogen) atoms. The number of carbonyl (C=O) groups excluding carboxylic acids is 1. The summed E-state index contributed by atoms with van der Waals surface area (Å²) in [6.45, 7) is 1.39. The number of hydrogen-bond donors (Lipinski definition) is 1. The molecule has 0 saturated carbocycles. The van der Waals surface area contributed by atoms with Crippen LogP contribution >= 0.6 is 0 Å². The SMILES string of the molecule is N#Cc1cccc(C(=O)N2CCC(Cc3nc(-c4cccnc4)n[nH]3)C2)c1. The summed E-state index contributed by atoms with van der Waals surface area (Å²) in [6.07, 6.45) is 5.12. The molecule has 0 aliphatic carbocycles. The minimum Gasteiger partial charge on any atom is -0.338 e. The van der Waals surface area contributed by atoms with Crippen LogP contribution in [0.15, 0.2) is 48.8 Å². The lowest BCUT2D eigenvalue weighted by molar-refractivity contribution is 0.0787. The van der Waals surface area contributed by atoms with E-state index in [-0.39, 0.29) is 5.91 Å². The van der Waals surface area contributed by atoms with Crippen molar-refractivity contribution in [1.29, 1.82) is 5.26 Å². The summed E-state index contributed by atoms with van der Waals surface area (Å²) in [7, 11) is 0. The third-order valence-corrected chi connectivity index (χ3v) is 4.75. The summed E-state index contributed by atoms with van der Waals surface area (Å²) in [5, 5.41) is 16.3. The van der Waals surface area contributed by atoms with Crippen molar-refractivity contribution in [3.63, 3.8) is 0 Å². The first kappa shape index (κ1) is 16.9. The van der Waals surface area contributed by atoms with Gasteiger partial charge < -0.3 is 4.90 Å². The Hall–Kier alpha value is -3.53. The summed E-state index contributed by atoms with van der Waals surface area (Å²) in [5.74, 6) is 1.77. The van der Waals surface area contributed by atoms with E-state index in [1.807, 2.05) is 17.0 Å². The van der Waals surface area contributed by atoms with Crippen LogP contribution in [-0.2, 0) is 6.42 Å². The van der Waals surface area contributed by atoms with Crippen molar-refractivity contribution in [1.82, 2.24) is 25.1 Å². The van der Waals surface area contributed by atoms with Crippen molar-refractivity contribution < 1.29 is 4.79 Å². The van der Waals surface area contributed by atoms with E-state index in [0.29, 0.717) is 36.0 Å². The Morgan fingerprint density at radius 1 is 1.33 bits per heavy atom. The minimum atomic E-state index is -0.0248. The maximum absolute atomic E-state index is 12.7. The Morgan fingerprint density at radius 3 is 3.07 bits per heavy atom. The standard InChI is InChI=1S/C20H18N6O/c21-11-14-3-1-4-16(9-14)20(27)26-8-6-15(13-26)10-18-23-19(25-24-18)17-5-2-7-22-12-17/h1-5,7,9,12,15H,6,8,10,13H2,(H,23,24,25). The quantitative estimate of drug-likeness (QED) is 0.772. The zero-order valence-electron chi connectivity index (χ0n) is 14.7. The topological polar surface area (TPSA) is 98.6 Å². The average Bonchev–Trinajstić information content (AvgIpc) is 3.38. The first-order valence-electron chi connectivity index (χ1n) is 8.84. The van der Waals surface area contributed by atoms with Crippen molar-refractivity contribution in [3.8, 4) is 17.5 Å². The molecule has 1 fully saturated rings. The third-order valence-electron chi connectivity index (χ3n) is 4.75. The van der Waals surface area contributed by atoms with Gasteiger partial charge in [-0.25, -0.2) is 4.98 Å². The Balaban J connectivity index is 1.39. The van der Waals surface area contributed by atoms with Crippen LogP contribution < -0.4 is 0 Å². The first-order valence-corrected chi connectivity index (χ1v) is 8.84. The number of pyridine rings is 1. The molecule has 2 aromatic heterocycles. The van der Waals surface area contributed by atoms with E-state index < -0.39 is 0 Å². The highest BCUT2D eigenvalue weighted by Gasteiger charge is 2.28. The Bertz CT molecular complexity index is 991. The van der Waals surface area contributed by atoms with Crippen LogP contribution in [-0.4, -0.2) is 44.1 Å². The molecule has 4 rings (SSSR count). The second-order valence-corrected chi connectivity index (χ2v) is 6.65. The van der Waals surface area contributed by atoms with Gasteiger partial charge in [0.15, 0.2) is 5.82 Å². The fourth-order valence-electron chi connectivity index (χ4n) is 3.37. The number of likely N-dealkylation sites (tertiary alicyclic amines) is 1. The van der Waals surface area contributed by atoms with Gasteiger partial charge in [-0.15, -0.1) is 0 Å². The van der Waals surface area contributed by atoms with Gasteiger partial charge in [0, 0.05) is 43.0 Å². The number of nitrogens with zero attached hydrogens (tertiary/aromatic N) is 5. The molecule has 1 atom stereocenters. The lowest BCUT2D eigenvalue weighted by Crippen LogP contribution is -2.29. The van der Waals surface area contributed by atoms with Crippen molar-refractivity contribution in [2.75, 3.05) is 13.1 Å². The van der Waals surface area contributed by atoms with Crippen molar-refractivity contribution in [3.05, 3.63) is 65.7 Å². The molecule has 7 nitrogen and oxygen atoms in total. The van der Waals surface area contributed by atoms with Gasteiger partial charge in [-0.2, -0.15) is 10.4 Å². The number of nitriles is 1. The summed E-state index contributed by atoms with van der Waals surface area (Å²) < 4.78 is 0. The van der Waals surface area contributed by atoms with Crippen LogP contribution in [0.5, 0.6) is 0 Å². The molecule has 3 aromatic rings. The van der Waals surface area contributed by atoms with Crippen LogP contribution in [0.25, 0.3) is 11.4 Å². The number of rotatable bonds is 4. The molecule has 0 spiro atoms. The highest BCUT2D eigenvalue weighted by molar-refractivity contribution is 5.94. The zero-order chi connectivity index (χ0) is 18.6. The monoisotopic (exact) mass is 358 g/mol. The molecule has 1 aromatic carbocycles. The Kier molecular flexibility index (Phi) is 4.62. The normalized spacial score (nSPS) is 16.3. The number of carbonyl (C=O) groups is 1. The van der Waals surface area contributed by atoms with Crippen LogP contribution in [0, 0.1) is 17.2 Å². The third kappa shape index (κ3) is 3.70. The number of aromatic amines is 1. The molecule has 0 radical (unpaired) electrons. The van der Waals surface area contributed by atoms with Crippen molar-refractivity contribution >= 4 is 5.91 Å².